The average Bonchev–Trinajstić information content (AvgIpc) is 3.29. The summed E-state index contributed by atoms with van der Waals surface area (Å²) >= 11 is 0. The standard InChI is InChI=1S/C31H38F2N2O7S/c1-19(2)29-31(43(41,42)34-14-11-24(36)12-15-34)28(20-3-7-22(32)8-4-20)30(21-5-9-23(33)10-6-21)35(29)16-13-25(37)17-26(38)18-27(39)40/h3-10,19,24-26,36-38H,11-18H2,1-2H3,(H,39,40). The predicted octanol–water partition coefficient (Wildman–Crippen LogP) is 4.35. The van der Waals surface area contributed by atoms with E-state index in [1.165, 1.54) is 52.8 Å². The quantitative estimate of drug-likeness (QED) is 0.236. The number of benzene rings is 2. The third-order valence-electron chi connectivity index (χ3n) is 7.72. The van der Waals surface area contributed by atoms with Crippen molar-refractivity contribution in [3.8, 4) is 22.4 Å². The lowest BCUT2D eigenvalue weighted by Crippen LogP contribution is -2.40. The Bertz CT molecular complexity index is 1510. The van der Waals surface area contributed by atoms with Crippen molar-refractivity contribution < 1.29 is 42.4 Å². The zero-order valence-electron chi connectivity index (χ0n) is 24.2. The number of rotatable bonds is 12. The van der Waals surface area contributed by atoms with E-state index in [2.05, 4.69) is 0 Å². The van der Waals surface area contributed by atoms with Crippen molar-refractivity contribution in [2.75, 3.05) is 13.1 Å². The van der Waals surface area contributed by atoms with Crippen LogP contribution in [0.2, 0.25) is 0 Å². The number of hydrogen-bond donors (Lipinski definition) is 4. The summed E-state index contributed by atoms with van der Waals surface area (Å²) in [7, 11) is -4.17. The van der Waals surface area contributed by atoms with Crippen LogP contribution in [0.4, 0.5) is 8.78 Å². The summed E-state index contributed by atoms with van der Waals surface area (Å²) in [5.74, 6) is -2.55. The van der Waals surface area contributed by atoms with Crippen molar-refractivity contribution in [2.45, 2.75) is 81.6 Å². The van der Waals surface area contributed by atoms with Gasteiger partial charge in [0.15, 0.2) is 0 Å². The highest BCUT2D eigenvalue weighted by Crippen LogP contribution is 2.46. The van der Waals surface area contributed by atoms with Gasteiger partial charge in [-0.15, -0.1) is 0 Å². The van der Waals surface area contributed by atoms with Crippen molar-refractivity contribution in [1.29, 1.82) is 0 Å². The van der Waals surface area contributed by atoms with Crippen LogP contribution in [-0.4, -0.2) is 75.1 Å². The fourth-order valence-corrected chi connectivity index (χ4v) is 7.71. The summed E-state index contributed by atoms with van der Waals surface area (Å²) in [6.45, 7) is 3.98. The van der Waals surface area contributed by atoms with Gasteiger partial charge in [0.05, 0.1) is 30.4 Å². The smallest absolute Gasteiger partial charge is 0.305 e. The number of aliphatic hydroxyl groups is 3. The molecule has 2 heterocycles. The van der Waals surface area contributed by atoms with E-state index in [1.54, 1.807) is 4.57 Å². The Hall–Kier alpha value is -3.16. The molecule has 2 atom stereocenters. The first-order chi connectivity index (χ1) is 20.3. The molecule has 234 valence electrons. The van der Waals surface area contributed by atoms with Gasteiger partial charge >= 0.3 is 5.97 Å². The fourth-order valence-electron chi connectivity index (χ4n) is 5.68. The van der Waals surface area contributed by atoms with E-state index >= 15 is 0 Å². The minimum atomic E-state index is -4.17. The molecule has 1 fully saturated rings. The number of aliphatic hydroxyl groups excluding tert-OH is 3. The minimum Gasteiger partial charge on any atom is -0.481 e. The second-order valence-corrected chi connectivity index (χ2v) is 13.2. The molecule has 1 aliphatic heterocycles. The van der Waals surface area contributed by atoms with E-state index in [9.17, 15) is 37.3 Å². The zero-order chi connectivity index (χ0) is 31.5. The molecule has 12 heteroatoms. The van der Waals surface area contributed by atoms with Gasteiger partial charge in [-0.3, -0.25) is 4.79 Å². The van der Waals surface area contributed by atoms with Gasteiger partial charge in [-0.05, 0) is 79.1 Å². The van der Waals surface area contributed by atoms with Crippen LogP contribution in [0.5, 0.6) is 0 Å². The normalized spacial score (nSPS) is 16.5. The molecule has 0 amide bonds. The number of nitrogens with zero attached hydrogens (tertiary/aromatic N) is 2. The molecule has 1 saturated heterocycles. The molecule has 1 aromatic heterocycles. The Labute approximate surface area is 250 Å². The molecule has 2 aromatic carbocycles. The first-order valence-electron chi connectivity index (χ1n) is 14.3. The lowest BCUT2D eigenvalue weighted by Gasteiger charge is -2.29. The topological polar surface area (TPSA) is 140 Å². The molecular weight excluding hydrogens is 582 g/mol. The lowest BCUT2D eigenvalue weighted by atomic mass is 10.00. The molecule has 0 saturated carbocycles. The third kappa shape index (κ3) is 7.50. The number of carbonyl (C=O) groups is 1. The number of sulfonamides is 1. The van der Waals surface area contributed by atoms with Crippen LogP contribution in [0.3, 0.4) is 0 Å². The molecule has 43 heavy (non-hydrogen) atoms. The Morgan fingerprint density at radius 3 is 1.98 bits per heavy atom. The maximum absolute atomic E-state index is 14.5. The van der Waals surface area contributed by atoms with Gasteiger partial charge in [-0.1, -0.05) is 26.0 Å². The maximum Gasteiger partial charge on any atom is 0.305 e. The minimum absolute atomic E-state index is 0.0187. The Kier molecular flexibility index (Phi) is 10.4. The molecule has 4 rings (SSSR count). The van der Waals surface area contributed by atoms with Gasteiger partial charge < -0.3 is 25.0 Å². The van der Waals surface area contributed by atoms with Crippen LogP contribution in [0.1, 0.15) is 57.6 Å². The lowest BCUT2D eigenvalue weighted by molar-refractivity contribution is -0.139. The molecule has 2 unspecified atom stereocenters. The molecule has 3 aromatic rings. The van der Waals surface area contributed by atoms with Crippen molar-refractivity contribution in [3.63, 3.8) is 0 Å². The summed E-state index contributed by atoms with van der Waals surface area (Å²) in [5.41, 5.74) is 2.10. The van der Waals surface area contributed by atoms with Crippen LogP contribution in [0.15, 0.2) is 53.4 Å². The first-order valence-corrected chi connectivity index (χ1v) is 15.8. The average molecular weight is 621 g/mol. The molecule has 9 nitrogen and oxygen atoms in total. The predicted molar refractivity (Wildman–Crippen MR) is 157 cm³/mol. The molecule has 1 aliphatic rings. The Balaban J connectivity index is 1.96. The van der Waals surface area contributed by atoms with Crippen LogP contribution >= 0.6 is 0 Å². The van der Waals surface area contributed by atoms with Gasteiger partial charge in [0.2, 0.25) is 10.0 Å². The van der Waals surface area contributed by atoms with Gasteiger partial charge in [-0.2, -0.15) is 4.31 Å². The number of piperidine rings is 1. The second-order valence-electron chi connectivity index (χ2n) is 11.3. The highest BCUT2D eigenvalue weighted by atomic mass is 32.2. The van der Waals surface area contributed by atoms with Crippen LogP contribution in [0, 0.1) is 11.6 Å². The zero-order valence-corrected chi connectivity index (χ0v) is 25.0. The largest absolute Gasteiger partial charge is 0.481 e. The van der Waals surface area contributed by atoms with Crippen molar-refractivity contribution in [2.24, 2.45) is 0 Å². The number of hydrogen-bond acceptors (Lipinski definition) is 6. The van der Waals surface area contributed by atoms with Crippen molar-refractivity contribution in [3.05, 3.63) is 65.9 Å². The summed E-state index contributed by atoms with van der Waals surface area (Å²) in [4.78, 5) is 11.0. The maximum atomic E-state index is 14.5. The number of carboxylic acid groups (broad SMARTS) is 1. The Morgan fingerprint density at radius 2 is 1.47 bits per heavy atom. The van der Waals surface area contributed by atoms with Gasteiger partial charge in [-0.25, -0.2) is 17.2 Å². The van der Waals surface area contributed by atoms with E-state index in [4.69, 9.17) is 5.11 Å². The fraction of sp³-hybridized carbons (Fsp3) is 0.452. The van der Waals surface area contributed by atoms with Gasteiger partial charge in [0.1, 0.15) is 16.5 Å². The van der Waals surface area contributed by atoms with E-state index in [0.29, 0.717) is 28.1 Å². The molecule has 0 bridgehead atoms. The van der Waals surface area contributed by atoms with Crippen molar-refractivity contribution >= 4 is 16.0 Å². The van der Waals surface area contributed by atoms with Crippen LogP contribution in [0.25, 0.3) is 22.4 Å². The van der Waals surface area contributed by atoms with Crippen LogP contribution in [-0.2, 0) is 21.4 Å². The number of halogens is 2. The van der Waals surface area contributed by atoms with Gasteiger partial charge in [0, 0.05) is 30.9 Å². The summed E-state index contributed by atoms with van der Waals surface area (Å²) in [6.07, 6.45) is -3.09. The number of carboxylic acids is 1. The third-order valence-corrected chi connectivity index (χ3v) is 9.69. The number of aromatic nitrogens is 1. The van der Waals surface area contributed by atoms with E-state index < -0.39 is 52.4 Å². The van der Waals surface area contributed by atoms with E-state index in [1.807, 2.05) is 13.8 Å². The molecule has 0 spiro atoms. The van der Waals surface area contributed by atoms with Crippen molar-refractivity contribution in [1.82, 2.24) is 8.87 Å². The molecular formula is C31H38F2N2O7S. The highest BCUT2D eigenvalue weighted by molar-refractivity contribution is 7.89. The van der Waals surface area contributed by atoms with E-state index in [0.717, 1.165) is 0 Å². The number of aliphatic carboxylic acids is 1. The monoisotopic (exact) mass is 620 g/mol. The van der Waals surface area contributed by atoms with E-state index in [-0.39, 0.29) is 56.1 Å². The summed E-state index contributed by atoms with van der Waals surface area (Å²) < 4.78 is 60.2. The first kappa shape index (κ1) is 32.7. The second kappa shape index (κ2) is 13.6. The van der Waals surface area contributed by atoms with Gasteiger partial charge in [0.25, 0.3) is 0 Å². The summed E-state index contributed by atoms with van der Waals surface area (Å²) in [6, 6.07) is 11.0. The highest BCUT2D eigenvalue weighted by Gasteiger charge is 2.38. The van der Waals surface area contributed by atoms with Crippen LogP contribution < -0.4 is 0 Å². The SMILES string of the molecule is CC(C)c1c(S(=O)(=O)N2CCC(O)CC2)c(-c2ccc(F)cc2)c(-c2ccc(F)cc2)n1CCC(O)CC(O)CC(=O)O. The summed E-state index contributed by atoms with van der Waals surface area (Å²) in [5, 5.41) is 39.8. The molecule has 0 aliphatic carbocycles. The molecule has 0 radical (unpaired) electrons. The Morgan fingerprint density at radius 1 is 0.930 bits per heavy atom. The molecule has 4 N–H and O–H groups in total.